The molecule has 5 nitrogen and oxygen atoms in total. The minimum Gasteiger partial charge on any atom is -0.486 e. The number of nitrogens with zero attached hydrogens (tertiary/aromatic N) is 2. The predicted octanol–water partition coefficient (Wildman–Crippen LogP) is 3.72. The van der Waals surface area contributed by atoms with E-state index in [9.17, 15) is 4.79 Å². The zero-order valence-electron chi connectivity index (χ0n) is 15.8. The van der Waals surface area contributed by atoms with Crippen LogP contribution in [0.25, 0.3) is 0 Å². The quantitative estimate of drug-likeness (QED) is 0.827. The van der Waals surface area contributed by atoms with Crippen LogP contribution >= 0.6 is 0 Å². The van der Waals surface area contributed by atoms with Crippen LogP contribution in [0.15, 0.2) is 42.5 Å². The molecule has 5 heteroatoms. The Kier molecular flexibility index (Phi) is 5.19. The zero-order valence-corrected chi connectivity index (χ0v) is 15.8. The van der Waals surface area contributed by atoms with Crippen molar-refractivity contribution in [2.45, 2.75) is 25.8 Å². The van der Waals surface area contributed by atoms with Crippen molar-refractivity contribution in [2.24, 2.45) is 0 Å². The third-order valence-electron chi connectivity index (χ3n) is 5.21. The second-order valence-electron chi connectivity index (χ2n) is 7.23. The number of hydrogen-bond donors (Lipinski definition) is 0. The van der Waals surface area contributed by atoms with Crippen molar-refractivity contribution in [2.75, 3.05) is 38.3 Å². The van der Waals surface area contributed by atoms with Gasteiger partial charge in [-0.2, -0.15) is 0 Å². The molecule has 1 saturated heterocycles. The van der Waals surface area contributed by atoms with E-state index >= 15 is 0 Å². The summed E-state index contributed by atoms with van der Waals surface area (Å²) in [6.07, 6.45) is 3.88. The molecule has 142 valence electrons. The van der Waals surface area contributed by atoms with Crippen molar-refractivity contribution < 1.29 is 14.3 Å². The Bertz CT molecular complexity index is 798. The standard InChI is InChI=1S/C22H26N2O3/c1-23(22(25)18-7-10-20-21(15-18)27-14-13-26-20)16-17-5-8-19(9-6-17)24-11-3-2-4-12-24/h5-10,15H,2-4,11-14,16H2,1H3. The van der Waals surface area contributed by atoms with E-state index in [1.54, 1.807) is 17.0 Å². The van der Waals surface area contributed by atoms with Gasteiger partial charge in [-0.05, 0) is 55.2 Å². The summed E-state index contributed by atoms with van der Waals surface area (Å²) in [7, 11) is 1.83. The number of ether oxygens (including phenoxy) is 2. The Hall–Kier alpha value is -2.69. The van der Waals surface area contributed by atoms with Crippen LogP contribution in [0.1, 0.15) is 35.2 Å². The highest BCUT2D eigenvalue weighted by Gasteiger charge is 2.18. The zero-order chi connectivity index (χ0) is 18.6. The fraction of sp³-hybridized carbons (Fsp3) is 0.409. The number of anilines is 1. The molecule has 27 heavy (non-hydrogen) atoms. The Morgan fingerprint density at radius 3 is 2.41 bits per heavy atom. The summed E-state index contributed by atoms with van der Waals surface area (Å²) in [4.78, 5) is 16.9. The van der Waals surface area contributed by atoms with Gasteiger partial charge in [0.2, 0.25) is 0 Å². The van der Waals surface area contributed by atoms with Gasteiger partial charge < -0.3 is 19.3 Å². The monoisotopic (exact) mass is 366 g/mol. The molecule has 0 aliphatic carbocycles. The Morgan fingerprint density at radius 1 is 0.963 bits per heavy atom. The molecular weight excluding hydrogens is 340 g/mol. The van der Waals surface area contributed by atoms with Gasteiger partial charge in [0, 0.05) is 37.9 Å². The molecule has 2 aliphatic heterocycles. The first-order valence-corrected chi connectivity index (χ1v) is 9.70. The van der Waals surface area contributed by atoms with Crippen LogP contribution in [0.4, 0.5) is 5.69 Å². The van der Waals surface area contributed by atoms with Crippen LogP contribution in [-0.2, 0) is 6.54 Å². The molecule has 1 fully saturated rings. The number of carbonyl (C=O) groups excluding carboxylic acids is 1. The Labute approximate surface area is 160 Å². The fourth-order valence-corrected chi connectivity index (χ4v) is 3.71. The molecule has 0 spiro atoms. The van der Waals surface area contributed by atoms with Crippen LogP contribution in [0, 0.1) is 0 Å². The van der Waals surface area contributed by atoms with E-state index < -0.39 is 0 Å². The third kappa shape index (κ3) is 4.02. The van der Waals surface area contributed by atoms with Gasteiger partial charge in [0.25, 0.3) is 5.91 Å². The summed E-state index contributed by atoms with van der Waals surface area (Å²) in [5.74, 6) is 1.33. The molecule has 2 aromatic carbocycles. The molecule has 2 aromatic rings. The molecule has 0 bridgehead atoms. The van der Waals surface area contributed by atoms with Crippen LogP contribution in [0.5, 0.6) is 11.5 Å². The summed E-state index contributed by atoms with van der Waals surface area (Å²) in [6.45, 7) is 3.93. The molecule has 0 unspecified atom stereocenters. The summed E-state index contributed by atoms with van der Waals surface area (Å²) >= 11 is 0. The molecule has 0 radical (unpaired) electrons. The smallest absolute Gasteiger partial charge is 0.254 e. The van der Waals surface area contributed by atoms with Gasteiger partial charge in [-0.15, -0.1) is 0 Å². The van der Waals surface area contributed by atoms with Crippen molar-refractivity contribution in [3.8, 4) is 11.5 Å². The molecule has 4 rings (SSSR count). The average Bonchev–Trinajstić information content (AvgIpc) is 2.74. The normalized spacial score (nSPS) is 16.1. The highest BCUT2D eigenvalue weighted by Crippen LogP contribution is 2.31. The highest BCUT2D eigenvalue weighted by molar-refractivity contribution is 5.94. The predicted molar refractivity (Wildman–Crippen MR) is 106 cm³/mol. The van der Waals surface area contributed by atoms with E-state index in [1.165, 1.54) is 24.9 Å². The molecule has 0 saturated carbocycles. The van der Waals surface area contributed by atoms with Gasteiger partial charge in [-0.25, -0.2) is 0 Å². The maximum atomic E-state index is 12.8. The summed E-state index contributed by atoms with van der Waals surface area (Å²) in [5.41, 5.74) is 3.02. The first kappa shape index (κ1) is 17.7. The topological polar surface area (TPSA) is 42.0 Å². The minimum atomic E-state index is -0.0212. The van der Waals surface area contributed by atoms with Gasteiger partial charge in [0.05, 0.1) is 0 Å². The summed E-state index contributed by atoms with van der Waals surface area (Å²) in [5, 5.41) is 0. The van der Waals surface area contributed by atoms with Crippen LogP contribution in [0.2, 0.25) is 0 Å². The number of piperidine rings is 1. The second-order valence-corrected chi connectivity index (χ2v) is 7.23. The molecule has 2 heterocycles. The van der Waals surface area contributed by atoms with Crippen LogP contribution in [0.3, 0.4) is 0 Å². The molecule has 2 aliphatic rings. The lowest BCUT2D eigenvalue weighted by Gasteiger charge is -2.29. The van der Waals surface area contributed by atoms with Gasteiger partial charge in [-0.3, -0.25) is 4.79 Å². The number of amides is 1. The van der Waals surface area contributed by atoms with E-state index in [0.29, 0.717) is 36.8 Å². The van der Waals surface area contributed by atoms with E-state index in [4.69, 9.17) is 9.47 Å². The lowest BCUT2D eigenvalue weighted by atomic mass is 10.1. The van der Waals surface area contributed by atoms with Crippen molar-refractivity contribution in [1.29, 1.82) is 0 Å². The number of carbonyl (C=O) groups is 1. The van der Waals surface area contributed by atoms with Gasteiger partial charge in [-0.1, -0.05) is 12.1 Å². The lowest BCUT2D eigenvalue weighted by molar-refractivity contribution is 0.0784. The third-order valence-corrected chi connectivity index (χ3v) is 5.21. The fourth-order valence-electron chi connectivity index (χ4n) is 3.71. The lowest BCUT2D eigenvalue weighted by Crippen LogP contribution is -2.29. The average molecular weight is 366 g/mol. The maximum absolute atomic E-state index is 12.8. The Morgan fingerprint density at radius 2 is 1.67 bits per heavy atom. The first-order chi connectivity index (χ1) is 13.2. The molecule has 0 N–H and O–H groups in total. The van der Waals surface area contributed by atoms with Crippen molar-refractivity contribution >= 4 is 11.6 Å². The molecule has 1 amide bonds. The van der Waals surface area contributed by atoms with Crippen molar-refractivity contribution in [3.63, 3.8) is 0 Å². The first-order valence-electron chi connectivity index (χ1n) is 9.70. The van der Waals surface area contributed by atoms with Gasteiger partial charge >= 0.3 is 0 Å². The van der Waals surface area contributed by atoms with E-state index in [-0.39, 0.29) is 5.91 Å². The Balaban J connectivity index is 1.40. The number of benzene rings is 2. The maximum Gasteiger partial charge on any atom is 0.254 e. The molecule has 0 atom stereocenters. The summed E-state index contributed by atoms with van der Waals surface area (Å²) < 4.78 is 11.1. The second kappa shape index (κ2) is 7.91. The SMILES string of the molecule is CN(Cc1ccc(N2CCCCC2)cc1)C(=O)c1ccc2c(c1)OCCO2. The van der Waals surface area contributed by atoms with Gasteiger partial charge in [0.1, 0.15) is 13.2 Å². The summed E-state index contributed by atoms with van der Waals surface area (Å²) in [6, 6.07) is 14.0. The molecular formula is C22H26N2O3. The van der Waals surface area contributed by atoms with Crippen LogP contribution in [-0.4, -0.2) is 44.2 Å². The molecule has 0 aromatic heterocycles. The number of rotatable bonds is 4. The van der Waals surface area contributed by atoms with Gasteiger partial charge in [0.15, 0.2) is 11.5 Å². The minimum absolute atomic E-state index is 0.0212. The number of hydrogen-bond acceptors (Lipinski definition) is 4. The van der Waals surface area contributed by atoms with Crippen LogP contribution < -0.4 is 14.4 Å². The van der Waals surface area contributed by atoms with Crippen molar-refractivity contribution in [3.05, 3.63) is 53.6 Å². The number of fused-ring (bicyclic) bond motifs is 1. The van der Waals surface area contributed by atoms with E-state index in [1.807, 2.05) is 13.1 Å². The van der Waals surface area contributed by atoms with Crippen molar-refractivity contribution in [1.82, 2.24) is 4.90 Å². The largest absolute Gasteiger partial charge is 0.486 e. The highest BCUT2D eigenvalue weighted by atomic mass is 16.6. The van der Waals surface area contributed by atoms with E-state index in [2.05, 4.69) is 29.2 Å². The van der Waals surface area contributed by atoms with E-state index in [0.717, 1.165) is 18.7 Å².